The van der Waals surface area contributed by atoms with Crippen molar-refractivity contribution in [2.24, 2.45) is 0 Å². The number of hydrogen-bond donors (Lipinski definition) is 1. The highest BCUT2D eigenvalue weighted by Crippen LogP contribution is 2.21. The number of carbonyl (C=O) groups excluding carboxylic acids is 1. The summed E-state index contributed by atoms with van der Waals surface area (Å²) in [5.74, 6) is -0.144. The van der Waals surface area contributed by atoms with Crippen molar-refractivity contribution < 1.29 is 19.4 Å². The third-order valence-electron chi connectivity index (χ3n) is 3.31. The highest BCUT2D eigenvalue weighted by molar-refractivity contribution is 9.10. The van der Waals surface area contributed by atoms with Crippen LogP contribution in [0, 0.1) is 0 Å². The van der Waals surface area contributed by atoms with E-state index < -0.39 is 12.1 Å². The van der Waals surface area contributed by atoms with E-state index in [0.717, 1.165) is 16.6 Å². The van der Waals surface area contributed by atoms with E-state index in [-0.39, 0.29) is 19.1 Å². The van der Waals surface area contributed by atoms with Crippen LogP contribution >= 0.6 is 27.7 Å². The Morgan fingerprint density at radius 2 is 2.09 bits per heavy atom. The van der Waals surface area contributed by atoms with Crippen LogP contribution in [-0.4, -0.2) is 53.4 Å². The fourth-order valence-electron chi connectivity index (χ4n) is 2.13. The molecule has 0 aliphatic carbocycles. The van der Waals surface area contributed by atoms with Gasteiger partial charge in [0.15, 0.2) is 6.10 Å². The van der Waals surface area contributed by atoms with Gasteiger partial charge in [-0.05, 0) is 36.4 Å². The molecule has 22 heavy (non-hydrogen) atoms. The molecule has 7 heteroatoms. The van der Waals surface area contributed by atoms with Crippen molar-refractivity contribution in [3.8, 4) is 0 Å². The summed E-state index contributed by atoms with van der Waals surface area (Å²) in [5.41, 5.74) is 0. The smallest absolute Gasteiger partial charge is 0.334 e. The Morgan fingerprint density at radius 1 is 1.36 bits per heavy atom. The molecular formula is C15H18BrNO4S. The first-order valence-electron chi connectivity index (χ1n) is 7.07. The maximum Gasteiger partial charge on any atom is 0.334 e. The van der Waals surface area contributed by atoms with E-state index in [1.54, 1.807) is 16.7 Å². The normalized spacial score (nSPS) is 18.2. The lowest BCUT2D eigenvalue weighted by atomic mass is 10.2. The van der Waals surface area contributed by atoms with Crippen LogP contribution in [0.2, 0.25) is 0 Å². The number of hydrogen-bond acceptors (Lipinski definition) is 4. The molecule has 1 amide bonds. The molecule has 1 atom stereocenters. The molecule has 2 rings (SSSR count). The zero-order valence-corrected chi connectivity index (χ0v) is 14.4. The third-order valence-corrected chi connectivity index (χ3v) is 4.94. The number of thioether (sulfide) groups is 1. The first-order chi connectivity index (χ1) is 10.6. The van der Waals surface area contributed by atoms with Crippen molar-refractivity contribution in [1.82, 2.24) is 4.90 Å². The van der Waals surface area contributed by atoms with Crippen LogP contribution in [0.3, 0.4) is 0 Å². The van der Waals surface area contributed by atoms with E-state index >= 15 is 0 Å². The summed E-state index contributed by atoms with van der Waals surface area (Å²) in [5, 5.41) is 8.93. The summed E-state index contributed by atoms with van der Waals surface area (Å²) in [4.78, 5) is 25.7. The van der Waals surface area contributed by atoms with E-state index in [9.17, 15) is 9.59 Å². The van der Waals surface area contributed by atoms with Gasteiger partial charge in [-0.1, -0.05) is 15.9 Å². The van der Waals surface area contributed by atoms with Gasteiger partial charge in [-0.3, -0.25) is 4.79 Å². The fraction of sp³-hybridized carbons (Fsp3) is 0.467. The number of rotatable bonds is 6. The van der Waals surface area contributed by atoms with Gasteiger partial charge in [0.2, 0.25) is 5.91 Å². The number of ether oxygens (including phenoxy) is 1. The Bertz CT molecular complexity index is 523. The quantitative estimate of drug-likeness (QED) is 0.600. The van der Waals surface area contributed by atoms with Gasteiger partial charge < -0.3 is 14.7 Å². The number of benzene rings is 1. The van der Waals surface area contributed by atoms with Gasteiger partial charge in [0.25, 0.3) is 0 Å². The Hall–Kier alpha value is -1.05. The van der Waals surface area contributed by atoms with Crippen LogP contribution in [0.25, 0.3) is 0 Å². The molecule has 0 aromatic heterocycles. The van der Waals surface area contributed by atoms with Gasteiger partial charge >= 0.3 is 5.97 Å². The predicted octanol–water partition coefficient (Wildman–Crippen LogP) is 2.63. The van der Waals surface area contributed by atoms with Crippen molar-refractivity contribution >= 4 is 39.6 Å². The largest absolute Gasteiger partial charge is 0.479 e. The molecule has 1 aromatic rings. The molecule has 1 N–H and O–H groups in total. The molecule has 0 bridgehead atoms. The Morgan fingerprint density at radius 3 is 2.77 bits per heavy atom. The minimum absolute atomic E-state index is 0.00551. The van der Waals surface area contributed by atoms with E-state index in [4.69, 9.17) is 9.84 Å². The van der Waals surface area contributed by atoms with E-state index in [2.05, 4.69) is 15.9 Å². The Balaban J connectivity index is 1.69. The van der Waals surface area contributed by atoms with Gasteiger partial charge in [-0.25, -0.2) is 4.79 Å². The number of carboxylic acid groups (broad SMARTS) is 1. The molecule has 120 valence electrons. The topological polar surface area (TPSA) is 66.8 Å². The van der Waals surface area contributed by atoms with Gasteiger partial charge in [0.05, 0.1) is 13.2 Å². The average Bonchev–Trinajstić information content (AvgIpc) is 2.53. The van der Waals surface area contributed by atoms with Crippen molar-refractivity contribution in [3.63, 3.8) is 0 Å². The molecule has 1 aliphatic heterocycles. The van der Waals surface area contributed by atoms with Crippen molar-refractivity contribution in [1.29, 1.82) is 0 Å². The van der Waals surface area contributed by atoms with E-state index in [0.29, 0.717) is 13.0 Å². The number of morpholine rings is 1. The van der Waals surface area contributed by atoms with Crippen molar-refractivity contribution in [2.75, 3.05) is 25.4 Å². The minimum Gasteiger partial charge on any atom is -0.479 e. The molecule has 1 saturated heterocycles. The fourth-order valence-corrected chi connectivity index (χ4v) is 3.24. The standard InChI is InChI=1S/C15H18BrNO4S/c16-11-3-5-12(6-4-11)22-9-1-2-14(18)17-7-8-21-13(10-17)15(19)20/h3-6,13H,1-2,7-10H2,(H,19,20). The highest BCUT2D eigenvalue weighted by atomic mass is 79.9. The van der Waals surface area contributed by atoms with Crippen LogP contribution in [0.5, 0.6) is 0 Å². The molecule has 1 aliphatic rings. The minimum atomic E-state index is -1.01. The predicted molar refractivity (Wildman–Crippen MR) is 88.1 cm³/mol. The Kier molecular flexibility index (Phi) is 6.72. The first kappa shape index (κ1) is 17.3. The lowest BCUT2D eigenvalue weighted by Crippen LogP contribution is -2.48. The maximum atomic E-state index is 12.1. The van der Waals surface area contributed by atoms with Gasteiger partial charge in [-0.15, -0.1) is 11.8 Å². The maximum absolute atomic E-state index is 12.1. The van der Waals surface area contributed by atoms with Crippen LogP contribution in [0.15, 0.2) is 33.6 Å². The van der Waals surface area contributed by atoms with Gasteiger partial charge in [0, 0.05) is 22.3 Å². The lowest BCUT2D eigenvalue weighted by Gasteiger charge is -2.30. The summed E-state index contributed by atoms with van der Waals surface area (Å²) < 4.78 is 6.16. The van der Waals surface area contributed by atoms with Gasteiger partial charge in [-0.2, -0.15) is 0 Å². The molecule has 1 unspecified atom stereocenters. The number of carboxylic acids is 1. The Labute approximate surface area is 142 Å². The second-order valence-electron chi connectivity index (χ2n) is 4.94. The van der Waals surface area contributed by atoms with Crippen molar-refractivity contribution in [2.45, 2.75) is 23.8 Å². The molecule has 0 spiro atoms. The molecule has 1 aromatic carbocycles. The lowest BCUT2D eigenvalue weighted by molar-refractivity contribution is -0.159. The monoisotopic (exact) mass is 387 g/mol. The summed E-state index contributed by atoms with van der Waals surface area (Å²) in [6.07, 6.45) is 0.319. The van der Waals surface area contributed by atoms with Gasteiger partial charge in [0.1, 0.15) is 0 Å². The van der Waals surface area contributed by atoms with E-state index in [1.165, 1.54) is 4.90 Å². The zero-order valence-electron chi connectivity index (χ0n) is 12.0. The summed E-state index contributed by atoms with van der Waals surface area (Å²) >= 11 is 5.11. The SMILES string of the molecule is O=C(O)C1CN(C(=O)CCCSc2ccc(Br)cc2)CCO1. The molecule has 5 nitrogen and oxygen atoms in total. The number of amides is 1. The van der Waals surface area contributed by atoms with Crippen LogP contribution in [0.1, 0.15) is 12.8 Å². The second-order valence-corrected chi connectivity index (χ2v) is 7.03. The highest BCUT2D eigenvalue weighted by Gasteiger charge is 2.28. The van der Waals surface area contributed by atoms with Crippen molar-refractivity contribution in [3.05, 3.63) is 28.7 Å². The first-order valence-corrected chi connectivity index (χ1v) is 8.84. The molecule has 1 fully saturated rings. The van der Waals surface area contributed by atoms with Crippen LogP contribution in [0.4, 0.5) is 0 Å². The summed E-state index contributed by atoms with van der Waals surface area (Å²) in [6, 6.07) is 8.06. The number of halogens is 1. The molecule has 0 saturated carbocycles. The molecule has 0 radical (unpaired) electrons. The number of carbonyl (C=O) groups is 2. The summed E-state index contributed by atoms with van der Waals surface area (Å²) in [6.45, 7) is 0.910. The summed E-state index contributed by atoms with van der Waals surface area (Å²) in [7, 11) is 0. The van der Waals surface area contributed by atoms with E-state index in [1.807, 2.05) is 24.3 Å². The number of nitrogens with zero attached hydrogens (tertiary/aromatic N) is 1. The van der Waals surface area contributed by atoms with Crippen LogP contribution < -0.4 is 0 Å². The molecular weight excluding hydrogens is 370 g/mol. The average molecular weight is 388 g/mol. The molecule has 1 heterocycles. The third kappa shape index (κ3) is 5.30. The zero-order chi connectivity index (χ0) is 15.9. The number of aliphatic carboxylic acids is 1. The van der Waals surface area contributed by atoms with Crippen LogP contribution in [-0.2, 0) is 14.3 Å². The second kappa shape index (κ2) is 8.55.